The van der Waals surface area contributed by atoms with Crippen molar-refractivity contribution in [1.29, 1.82) is 0 Å². The molecular weight excluding hydrogens is 332 g/mol. The third-order valence-corrected chi connectivity index (χ3v) is 3.56. The predicted molar refractivity (Wildman–Crippen MR) is 98.9 cm³/mol. The molecular formula is C19H18N4O3. The quantitative estimate of drug-likeness (QED) is 0.526. The summed E-state index contributed by atoms with van der Waals surface area (Å²) in [7, 11) is 1.61. The number of hydrazone groups is 1. The highest BCUT2D eigenvalue weighted by molar-refractivity contribution is 5.94. The SMILES string of the molecule is COc1ccc(-c2cc(C(=O)N/N=C/C(C)=C\c3ccco3)[nH]n2)cc1. The molecule has 0 aliphatic rings. The molecule has 132 valence electrons. The number of ether oxygens (including phenoxy) is 1. The van der Waals surface area contributed by atoms with E-state index >= 15 is 0 Å². The van der Waals surface area contributed by atoms with Gasteiger partial charge in [-0.25, -0.2) is 5.43 Å². The fourth-order valence-electron chi connectivity index (χ4n) is 2.24. The van der Waals surface area contributed by atoms with Crippen LogP contribution >= 0.6 is 0 Å². The summed E-state index contributed by atoms with van der Waals surface area (Å²) in [5.74, 6) is 1.10. The van der Waals surface area contributed by atoms with E-state index in [1.54, 1.807) is 31.7 Å². The first-order valence-electron chi connectivity index (χ1n) is 7.91. The molecule has 2 N–H and O–H groups in total. The van der Waals surface area contributed by atoms with Crippen molar-refractivity contribution in [1.82, 2.24) is 15.6 Å². The van der Waals surface area contributed by atoms with Crippen LogP contribution in [-0.2, 0) is 0 Å². The van der Waals surface area contributed by atoms with Crippen LogP contribution in [0.25, 0.3) is 17.3 Å². The standard InChI is InChI=1S/C19H18N4O3/c1-13(10-16-4-3-9-26-16)12-20-23-19(24)18-11-17(21-22-18)14-5-7-15(25-2)8-6-14/h3-12H,1-2H3,(H,21,22)(H,23,24)/b13-10-,20-12+. The first-order valence-corrected chi connectivity index (χ1v) is 7.91. The zero-order chi connectivity index (χ0) is 18.4. The lowest BCUT2D eigenvalue weighted by molar-refractivity contribution is 0.0950. The molecule has 7 heteroatoms. The number of allylic oxidation sites excluding steroid dienone is 1. The molecule has 3 rings (SSSR count). The van der Waals surface area contributed by atoms with Gasteiger partial charge < -0.3 is 9.15 Å². The molecule has 0 saturated carbocycles. The minimum Gasteiger partial charge on any atom is -0.497 e. The van der Waals surface area contributed by atoms with Gasteiger partial charge in [0.1, 0.15) is 17.2 Å². The van der Waals surface area contributed by atoms with Crippen molar-refractivity contribution in [3.05, 3.63) is 65.8 Å². The van der Waals surface area contributed by atoms with Crippen LogP contribution in [0.1, 0.15) is 23.2 Å². The van der Waals surface area contributed by atoms with Crippen LogP contribution in [-0.4, -0.2) is 29.4 Å². The number of amides is 1. The number of aromatic nitrogens is 2. The second-order valence-electron chi connectivity index (χ2n) is 5.50. The zero-order valence-corrected chi connectivity index (χ0v) is 14.4. The van der Waals surface area contributed by atoms with Crippen LogP contribution in [0.4, 0.5) is 0 Å². The lowest BCUT2D eigenvalue weighted by atomic mass is 10.1. The number of nitrogens with one attached hydrogen (secondary N) is 2. The molecule has 1 amide bonds. The lowest BCUT2D eigenvalue weighted by Gasteiger charge is -2.00. The fourth-order valence-corrected chi connectivity index (χ4v) is 2.24. The Bertz CT molecular complexity index is 922. The maximum absolute atomic E-state index is 12.1. The van der Waals surface area contributed by atoms with Crippen LogP contribution in [0, 0.1) is 0 Å². The highest BCUT2D eigenvalue weighted by Gasteiger charge is 2.10. The third-order valence-electron chi connectivity index (χ3n) is 3.56. The monoisotopic (exact) mass is 350 g/mol. The summed E-state index contributed by atoms with van der Waals surface area (Å²) < 4.78 is 10.3. The summed E-state index contributed by atoms with van der Waals surface area (Å²) >= 11 is 0. The zero-order valence-electron chi connectivity index (χ0n) is 14.4. The number of methoxy groups -OCH3 is 1. The topological polar surface area (TPSA) is 92.5 Å². The van der Waals surface area contributed by atoms with Gasteiger partial charge in [0, 0.05) is 5.56 Å². The van der Waals surface area contributed by atoms with Crippen molar-refractivity contribution in [3.63, 3.8) is 0 Å². The molecule has 0 fully saturated rings. The fraction of sp³-hybridized carbons (Fsp3) is 0.105. The molecule has 1 aromatic carbocycles. The average Bonchev–Trinajstić information content (AvgIpc) is 3.33. The van der Waals surface area contributed by atoms with Crippen molar-refractivity contribution in [2.45, 2.75) is 6.92 Å². The first kappa shape index (κ1) is 17.2. The summed E-state index contributed by atoms with van der Waals surface area (Å²) in [6, 6.07) is 12.7. The second kappa shape index (κ2) is 7.98. The van der Waals surface area contributed by atoms with Gasteiger partial charge in [-0.2, -0.15) is 10.2 Å². The van der Waals surface area contributed by atoms with Crippen molar-refractivity contribution < 1.29 is 13.9 Å². The molecule has 0 aliphatic carbocycles. The number of H-pyrrole nitrogens is 1. The van der Waals surface area contributed by atoms with E-state index in [-0.39, 0.29) is 5.91 Å². The van der Waals surface area contributed by atoms with Crippen molar-refractivity contribution in [2.75, 3.05) is 7.11 Å². The normalized spacial score (nSPS) is 11.7. The Morgan fingerprint density at radius 1 is 1.31 bits per heavy atom. The maximum atomic E-state index is 12.1. The molecule has 0 saturated heterocycles. The molecule has 2 heterocycles. The van der Waals surface area contributed by atoms with Gasteiger partial charge >= 0.3 is 0 Å². The molecule has 7 nitrogen and oxygen atoms in total. The van der Waals surface area contributed by atoms with Gasteiger partial charge in [0.2, 0.25) is 0 Å². The van der Waals surface area contributed by atoms with Crippen LogP contribution in [0.2, 0.25) is 0 Å². The minimum absolute atomic E-state index is 0.320. The van der Waals surface area contributed by atoms with Crippen molar-refractivity contribution >= 4 is 18.2 Å². The smallest absolute Gasteiger partial charge is 0.289 e. The van der Waals surface area contributed by atoms with E-state index in [9.17, 15) is 4.79 Å². The van der Waals surface area contributed by atoms with E-state index in [0.29, 0.717) is 11.4 Å². The van der Waals surface area contributed by atoms with Gasteiger partial charge in [-0.15, -0.1) is 0 Å². The number of benzene rings is 1. The highest BCUT2D eigenvalue weighted by atomic mass is 16.5. The Morgan fingerprint density at radius 2 is 2.12 bits per heavy atom. The number of hydrogen-bond donors (Lipinski definition) is 2. The number of nitrogens with zero attached hydrogens (tertiary/aromatic N) is 2. The van der Waals surface area contributed by atoms with E-state index in [1.165, 1.54) is 0 Å². The largest absolute Gasteiger partial charge is 0.497 e. The predicted octanol–water partition coefficient (Wildman–Crippen LogP) is 3.50. The van der Waals surface area contributed by atoms with E-state index < -0.39 is 0 Å². The summed E-state index contributed by atoms with van der Waals surface area (Å²) in [6.45, 7) is 1.86. The second-order valence-corrected chi connectivity index (χ2v) is 5.50. The van der Waals surface area contributed by atoms with Gasteiger partial charge in [0.05, 0.1) is 25.3 Å². The Hall–Kier alpha value is -3.61. The molecule has 2 aromatic heterocycles. The Morgan fingerprint density at radius 3 is 2.81 bits per heavy atom. The van der Waals surface area contributed by atoms with Gasteiger partial charge in [-0.05, 0) is 61.0 Å². The lowest BCUT2D eigenvalue weighted by Crippen LogP contribution is -2.17. The summed E-state index contributed by atoms with van der Waals surface area (Å²) in [5, 5.41) is 10.8. The Balaban J connectivity index is 1.61. The molecule has 0 radical (unpaired) electrons. The van der Waals surface area contributed by atoms with Gasteiger partial charge in [-0.1, -0.05) is 0 Å². The van der Waals surface area contributed by atoms with E-state index in [1.807, 2.05) is 43.3 Å². The Labute approximate surface area is 150 Å². The third kappa shape index (κ3) is 4.27. The first-order chi connectivity index (χ1) is 12.7. The summed E-state index contributed by atoms with van der Waals surface area (Å²) in [6.07, 6.45) is 4.95. The van der Waals surface area contributed by atoms with Gasteiger partial charge in [-0.3, -0.25) is 9.89 Å². The van der Waals surface area contributed by atoms with Gasteiger partial charge in [0.25, 0.3) is 5.91 Å². The minimum atomic E-state index is -0.376. The molecule has 0 aliphatic heterocycles. The van der Waals surface area contributed by atoms with Gasteiger partial charge in [0.15, 0.2) is 0 Å². The van der Waals surface area contributed by atoms with E-state index in [4.69, 9.17) is 9.15 Å². The molecule has 0 atom stereocenters. The molecule has 0 spiro atoms. The summed E-state index contributed by atoms with van der Waals surface area (Å²) in [5.41, 5.74) is 5.16. The Kier molecular flexibility index (Phi) is 5.28. The van der Waals surface area contributed by atoms with Crippen LogP contribution in [0.3, 0.4) is 0 Å². The number of carbonyl (C=O) groups excluding carboxylic acids is 1. The van der Waals surface area contributed by atoms with Crippen LogP contribution in [0.15, 0.2) is 63.8 Å². The molecule has 26 heavy (non-hydrogen) atoms. The average molecular weight is 350 g/mol. The van der Waals surface area contributed by atoms with Crippen molar-refractivity contribution in [2.24, 2.45) is 5.10 Å². The number of rotatable bonds is 6. The maximum Gasteiger partial charge on any atom is 0.289 e. The highest BCUT2D eigenvalue weighted by Crippen LogP contribution is 2.21. The molecule has 0 bridgehead atoms. The van der Waals surface area contributed by atoms with E-state index in [0.717, 1.165) is 22.6 Å². The molecule has 0 unspecified atom stereocenters. The van der Waals surface area contributed by atoms with E-state index in [2.05, 4.69) is 20.7 Å². The number of aromatic amines is 1. The molecule has 3 aromatic rings. The van der Waals surface area contributed by atoms with Crippen LogP contribution in [0.5, 0.6) is 5.75 Å². The number of carbonyl (C=O) groups is 1. The van der Waals surface area contributed by atoms with Crippen molar-refractivity contribution in [3.8, 4) is 17.0 Å². The van der Waals surface area contributed by atoms with Crippen LogP contribution < -0.4 is 10.2 Å². The summed E-state index contributed by atoms with van der Waals surface area (Å²) in [4.78, 5) is 12.1. The number of hydrogen-bond acceptors (Lipinski definition) is 5. The number of furan rings is 1.